The van der Waals surface area contributed by atoms with E-state index in [2.05, 4.69) is 15.2 Å². The molecule has 1 aromatic rings. The summed E-state index contributed by atoms with van der Waals surface area (Å²) in [5, 5.41) is 5.33. The average molecular weight is 371 g/mol. The molecule has 0 bridgehead atoms. The van der Waals surface area contributed by atoms with E-state index in [-0.39, 0.29) is 37.3 Å². The zero-order valence-electron chi connectivity index (χ0n) is 12.6. The van der Waals surface area contributed by atoms with Crippen LogP contribution >= 0.6 is 36.2 Å². The van der Waals surface area contributed by atoms with Gasteiger partial charge in [-0.05, 0) is 25.9 Å². The first kappa shape index (κ1) is 21.6. The fraction of sp³-hybridized carbons (Fsp3) is 0.692. The van der Waals surface area contributed by atoms with Gasteiger partial charge in [0.05, 0.1) is 12.3 Å². The first-order valence-corrected chi connectivity index (χ1v) is 7.79. The minimum absolute atomic E-state index is 0. The van der Waals surface area contributed by atoms with Gasteiger partial charge >= 0.3 is 0 Å². The second-order valence-corrected chi connectivity index (χ2v) is 5.89. The molecule has 1 aliphatic rings. The van der Waals surface area contributed by atoms with E-state index in [1.54, 1.807) is 0 Å². The predicted molar refractivity (Wildman–Crippen MR) is 94.2 cm³/mol. The van der Waals surface area contributed by atoms with Crippen LogP contribution < -0.4 is 11.1 Å². The number of nitrogens with two attached hydrogens (primary N) is 1. The number of piperidine rings is 1. The third-order valence-electron chi connectivity index (χ3n) is 3.30. The summed E-state index contributed by atoms with van der Waals surface area (Å²) in [6.45, 7) is 3.34. The molecule has 1 aliphatic heterocycles. The molecular formula is C13H24Cl2N4O2S. The molecule has 0 aliphatic carbocycles. The van der Waals surface area contributed by atoms with Gasteiger partial charge in [0.25, 0.3) is 0 Å². The molecule has 128 valence electrons. The number of hydrogen-bond donors (Lipinski definition) is 2. The van der Waals surface area contributed by atoms with Crippen LogP contribution in [-0.4, -0.2) is 48.6 Å². The smallest absolute Gasteiger partial charge is 0.245 e. The summed E-state index contributed by atoms with van der Waals surface area (Å²) in [6, 6.07) is -0.658. The molecule has 1 aromatic heterocycles. The molecule has 1 atom stereocenters. The number of ether oxygens (including phenoxy) is 1. The van der Waals surface area contributed by atoms with Crippen molar-refractivity contribution in [2.24, 2.45) is 5.73 Å². The molecule has 1 unspecified atom stereocenters. The van der Waals surface area contributed by atoms with Gasteiger partial charge in [0.2, 0.25) is 5.91 Å². The number of aromatic nitrogens is 1. The van der Waals surface area contributed by atoms with E-state index in [0.717, 1.165) is 25.3 Å². The lowest BCUT2D eigenvalue weighted by molar-refractivity contribution is -0.118. The largest absolute Gasteiger partial charge is 0.383 e. The fourth-order valence-electron chi connectivity index (χ4n) is 2.24. The number of carbonyl (C=O) groups is 1. The van der Waals surface area contributed by atoms with Gasteiger partial charge in [-0.25, -0.2) is 4.98 Å². The van der Waals surface area contributed by atoms with Crippen molar-refractivity contribution in [3.8, 4) is 0 Å². The predicted octanol–water partition coefficient (Wildman–Crippen LogP) is 1.88. The molecule has 1 amide bonds. The Balaban J connectivity index is 0.00000220. The molecule has 2 rings (SSSR count). The maximum absolute atomic E-state index is 11.7. The highest BCUT2D eigenvalue weighted by Gasteiger charge is 2.16. The Morgan fingerprint density at radius 3 is 2.77 bits per heavy atom. The van der Waals surface area contributed by atoms with Crippen molar-refractivity contribution in [1.82, 2.24) is 9.88 Å². The molecule has 3 N–H and O–H groups in total. The monoisotopic (exact) mass is 370 g/mol. The number of thiazole rings is 1. The Morgan fingerprint density at radius 2 is 2.14 bits per heavy atom. The molecule has 9 heteroatoms. The molecular weight excluding hydrogens is 347 g/mol. The van der Waals surface area contributed by atoms with Crippen LogP contribution in [0.4, 0.5) is 5.13 Å². The molecule has 1 fully saturated rings. The molecule has 0 aromatic carbocycles. The summed E-state index contributed by atoms with van der Waals surface area (Å²) in [6.07, 6.45) is 3.85. The first-order valence-electron chi connectivity index (χ1n) is 6.91. The van der Waals surface area contributed by atoms with Crippen LogP contribution in [0.2, 0.25) is 0 Å². The average Bonchev–Trinajstić information content (AvgIpc) is 2.87. The Labute approximate surface area is 147 Å². The van der Waals surface area contributed by atoms with Crippen LogP contribution in [0.5, 0.6) is 0 Å². The highest BCUT2D eigenvalue weighted by Crippen LogP contribution is 2.18. The van der Waals surface area contributed by atoms with Crippen molar-refractivity contribution < 1.29 is 9.53 Å². The van der Waals surface area contributed by atoms with Gasteiger partial charge in [-0.2, -0.15) is 0 Å². The number of hydrogen-bond acceptors (Lipinski definition) is 6. The molecule has 0 radical (unpaired) electrons. The number of nitrogens with zero attached hydrogens (tertiary/aromatic N) is 2. The Bertz CT molecular complexity index is 441. The summed E-state index contributed by atoms with van der Waals surface area (Å²) in [7, 11) is 1.52. The second kappa shape index (κ2) is 11.2. The van der Waals surface area contributed by atoms with Crippen LogP contribution in [0.1, 0.15) is 25.0 Å². The first-order chi connectivity index (χ1) is 9.69. The highest BCUT2D eigenvalue weighted by atomic mass is 35.5. The van der Waals surface area contributed by atoms with Crippen molar-refractivity contribution in [2.75, 3.05) is 32.1 Å². The molecule has 22 heavy (non-hydrogen) atoms. The maximum Gasteiger partial charge on any atom is 0.245 e. The maximum atomic E-state index is 11.7. The van der Waals surface area contributed by atoms with E-state index >= 15 is 0 Å². The number of anilines is 1. The van der Waals surface area contributed by atoms with E-state index in [9.17, 15) is 4.79 Å². The topological polar surface area (TPSA) is 80.5 Å². The second-order valence-electron chi connectivity index (χ2n) is 5.03. The lowest BCUT2D eigenvalue weighted by Gasteiger charge is -2.25. The van der Waals surface area contributed by atoms with E-state index in [1.165, 1.54) is 37.7 Å². The van der Waals surface area contributed by atoms with Crippen molar-refractivity contribution in [2.45, 2.75) is 31.8 Å². The number of likely N-dealkylation sites (tertiary alicyclic amines) is 1. The van der Waals surface area contributed by atoms with Gasteiger partial charge in [0.15, 0.2) is 5.13 Å². The Kier molecular flexibility index (Phi) is 10.9. The minimum atomic E-state index is -0.658. The SMILES string of the molecule is COCC(N)C(=O)Nc1nc(CN2CCCCC2)cs1.Cl.Cl. The molecule has 2 heterocycles. The Hall–Kier alpha value is -0.440. The number of rotatable bonds is 6. The summed E-state index contributed by atoms with van der Waals surface area (Å²) in [5.41, 5.74) is 6.67. The lowest BCUT2D eigenvalue weighted by atomic mass is 10.1. The normalized spacial score (nSPS) is 16.3. The van der Waals surface area contributed by atoms with Gasteiger partial charge < -0.3 is 15.8 Å². The minimum Gasteiger partial charge on any atom is -0.383 e. The number of methoxy groups -OCH3 is 1. The van der Waals surface area contributed by atoms with Crippen LogP contribution in [-0.2, 0) is 16.1 Å². The summed E-state index contributed by atoms with van der Waals surface area (Å²) in [5.74, 6) is -0.259. The molecule has 6 nitrogen and oxygen atoms in total. The Morgan fingerprint density at radius 1 is 1.45 bits per heavy atom. The van der Waals surface area contributed by atoms with E-state index < -0.39 is 6.04 Å². The van der Waals surface area contributed by atoms with Crippen molar-refractivity contribution in [3.05, 3.63) is 11.1 Å². The fourth-order valence-corrected chi connectivity index (χ4v) is 2.94. The molecule has 0 saturated carbocycles. The summed E-state index contributed by atoms with van der Waals surface area (Å²) >= 11 is 1.44. The molecule has 1 saturated heterocycles. The van der Waals surface area contributed by atoms with Crippen molar-refractivity contribution in [1.29, 1.82) is 0 Å². The van der Waals surface area contributed by atoms with E-state index in [4.69, 9.17) is 10.5 Å². The standard InChI is InChI=1S/C13H22N4O2S.2ClH/c1-19-8-11(14)12(18)16-13-15-10(9-20-13)7-17-5-3-2-4-6-17;;/h9,11H,2-8,14H2,1H3,(H,15,16,18);2*1H. The van der Waals surface area contributed by atoms with E-state index in [1.807, 2.05) is 5.38 Å². The van der Waals surface area contributed by atoms with Crippen molar-refractivity contribution in [3.63, 3.8) is 0 Å². The molecule has 0 spiro atoms. The summed E-state index contributed by atoms with van der Waals surface area (Å²) < 4.78 is 4.86. The quantitative estimate of drug-likeness (QED) is 0.798. The van der Waals surface area contributed by atoms with E-state index in [0.29, 0.717) is 5.13 Å². The van der Waals surface area contributed by atoms with Crippen LogP contribution in [0.25, 0.3) is 0 Å². The number of carbonyl (C=O) groups excluding carboxylic acids is 1. The third kappa shape index (κ3) is 6.76. The van der Waals surface area contributed by atoms with Crippen LogP contribution in [0, 0.1) is 0 Å². The van der Waals surface area contributed by atoms with Crippen LogP contribution in [0.15, 0.2) is 5.38 Å². The number of nitrogens with one attached hydrogen (secondary N) is 1. The van der Waals surface area contributed by atoms with Gasteiger partial charge in [-0.1, -0.05) is 6.42 Å². The van der Waals surface area contributed by atoms with Gasteiger partial charge in [-0.15, -0.1) is 36.2 Å². The number of halogens is 2. The zero-order chi connectivity index (χ0) is 14.4. The van der Waals surface area contributed by atoms with Gasteiger partial charge in [0, 0.05) is 19.0 Å². The highest BCUT2D eigenvalue weighted by molar-refractivity contribution is 7.13. The van der Waals surface area contributed by atoms with Gasteiger partial charge in [-0.3, -0.25) is 9.69 Å². The lowest BCUT2D eigenvalue weighted by Crippen LogP contribution is -2.39. The zero-order valence-corrected chi connectivity index (χ0v) is 15.1. The van der Waals surface area contributed by atoms with Crippen molar-refractivity contribution >= 4 is 47.2 Å². The summed E-state index contributed by atoms with van der Waals surface area (Å²) in [4.78, 5) is 18.6. The van der Waals surface area contributed by atoms with Gasteiger partial charge in [0.1, 0.15) is 6.04 Å². The van der Waals surface area contributed by atoms with Crippen LogP contribution in [0.3, 0.4) is 0 Å². The third-order valence-corrected chi connectivity index (χ3v) is 4.11. The number of amides is 1.